The van der Waals surface area contributed by atoms with Gasteiger partial charge >= 0.3 is 5.97 Å². The number of ether oxygens (including phenoxy) is 1. The van der Waals surface area contributed by atoms with Crippen molar-refractivity contribution < 1.29 is 9.53 Å². The first-order valence-corrected chi connectivity index (χ1v) is 6.77. The summed E-state index contributed by atoms with van der Waals surface area (Å²) in [6.07, 6.45) is 2.94. The molecule has 1 aliphatic heterocycles. The van der Waals surface area contributed by atoms with Crippen LogP contribution in [0.3, 0.4) is 0 Å². The maximum atomic E-state index is 12.1. The van der Waals surface area contributed by atoms with E-state index in [-0.39, 0.29) is 11.9 Å². The van der Waals surface area contributed by atoms with Crippen molar-refractivity contribution in [3.8, 4) is 16.9 Å². The number of esters is 1. The first-order valence-electron chi connectivity index (χ1n) is 6.77. The van der Waals surface area contributed by atoms with E-state index in [9.17, 15) is 4.79 Å². The zero-order valence-corrected chi connectivity index (χ0v) is 10.6. The zero-order valence-electron chi connectivity index (χ0n) is 10.6. The van der Waals surface area contributed by atoms with Crippen molar-refractivity contribution in [1.29, 1.82) is 0 Å². The molecule has 1 heterocycles. The molecule has 4 bridgehead atoms. The minimum Gasteiger partial charge on any atom is -0.425 e. The third-order valence-electron chi connectivity index (χ3n) is 4.15. The number of fused-ring (bicyclic) bond motifs is 1. The van der Waals surface area contributed by atoms with E-state index in [2.05, 4.69) is 30.3 Å². The van der Waals surface area contributed by atoms with Gasteiger partial charge in [-0.05, 0) is 42.0 Å². The molecule has 0 saturated carbocycles. The largest absolute Gasteiger partial charge is 0.425 e. The van der Waals surface area contributed by atoms with Gasteiger partial charge in [0.05, 0.1) is 5.92 Å². The van der Waals surface area contributed by atoms with Crippen LogP contribution in [0.25, 0.3) is 11.1 Å². The Kier molecular flexibility index (Phi) is 2.25. The molecule has 94 valence electrons. The van der Waals surface area contributed by atoms with Crippen LogP contribution in [0.4, 0.5) is 0 Å². The zero-order chi connectivity index (χ0) is 12.8. The lowest BCUT2D eigenvalue weighted by molar-refractivity contribution is -0.136. The first kappa shape index (κ1) is 10.8. The number of carbonyl (C=O) groups is 1. The van der Waals surface area contributed by atoms with Crippen molar-refractivity contribution in [3.63, 3.8) is 0 Å². The monoisotopic (exact) mass is 250 g/mol. The fourth-order valence-electron chi connectivity index (χ4n) is 3.27. The van der Waals surface area contributed by atoms with Crippen molar-refractivity contribution in [2.45, 2.75) is 25.2 Å². The lowest BCUT2D eigenvalue weighted by atomic mass is 9.80. The fourth-order valence-corrected chi connectivity index (χ4v) is 3.27. The van der Waals surface area contributed by atoms with Crippen LogP contribution in [0, 0.1) is 0 Å². The van der Waals surface area contributed by atoms with Gasteiger partial charge < -0.3 is 4.74 Å². The van der Waals surface area contributed by atoms with Gasteiger partial charge in [0.1, 0.15) is 5.75 Å². The number of hydrogen-bond donors (Lipinski definition) is 0. The molecule has 1 unspecified atom stereocenters. The van der Waals surface area contributed by atoms with Crippen molar-refractivity contribution in [1.82, 2.24) is 0 Å². The molecule has 0 fully saturated rings. The average Bonchev–Trinajstić information content (AvgIpc) is 2.41. The molecular weight excluding hydrogens is 236 g/mol. The molecule has 0 N–H and O–H groups in total. The summed E-state index contributed by atoms with van der Waals surface area (Å²) in [4.78, 5) is 12.1. The molecule has 1 aliphatic carbocycles. The molecule has 0 spiro atoms. The number of benzene rings is 2. The van der Waals surface area contributed by atoms with Crippen molar-refractivity contribution >= 4 is 5.97 Å². The Balaban J connectivity index is 2.06. The van der Waals surface area contributed by atoms with Crippen LogP contribution >= 0.6 is 0 Å². The highest BCUT2D eigenvalue weighted by Crippen LogP contribution is 2.46. The SMILES string of the molecule is O=C1Oc2cccc3c2-c2ccccc2CCCC13. The van der Waals surface area contributed by atoms with E-state index in [4.69, 9.17) is 4.74 Å². The summed E-state index contributed by atoms with van der Waals surface area (Å²) in [5.74, 6) is 0.541. The Morgan fingerprint density at radius 2 is 1.95 bits per heavy atom. The van der Waals surface area contributed by atoms with Gasteiger partial charge in [-0.2, -0.15) is 0 Å². The molecule has 0 saturated heterocycles. The van der Waals surface area contributed by atoms with E-state index in [0.29, 0.717) is 5.75 Å². The molecular formula is C17H14O2. The highest BCUT2D eigenvalue weighted by atomic mass is 16.5. The summed E-state index contributed by atoms with van der Waals surface area (Å²) < 4.78 is 5.53. The van der Waals surface area contributed by atoms with Crippen LogP contribution in [0.2, 0.25) is 0 Å². The Bertz CT molecular complexity index is 673. The van der Waals surface area contributed by atoms with Gasteiger partial charge in [0.25, 0.3) is 0 Å². The number of rotatable bonds is 0. The normalized spacial score (nSPS) is 20.0. The van der Waals surface area contributed by atoms with Crippen LogP contribution in [0.15, 0.2) is 42.5 Å². The minimum absolute atomic E-state index is 0.0861. The Hall–Kier alpha value is -2.09. The van der Waals surface area contributed by atoms with Gasteiger partial charge in [-0.3, -0.25) is 4.79 Å². The van der Waals surface area contributed by atoms with Gasteiger partial charge in [-0.25, -0.2) is 0 Å². The second-order valence-corrected chi connectivity index (χ2v) is 5.24. The Morgan fingerprint density at radius 3 is 2.89 bits per heavy atom. The molecule has 2 aromatic carbocycles. The molecule has 19 heavy (non-hydrogen) atoms. The van der Waals surface area contributed by atoms with Gasteiger partial charge in [0.15, 0.2) is 0 Å². The molecule has 2 nitrogen and oxygen atoms in total. The summed E-state index contributed by atoms with van der Waals surface area (Å²) in [5.41, 5.74) is 4.85. The highest BCUT2D eigenvalue weighted by Gasteiger charge is 2.34. The molecule has 2 heteroatoms. The minimum atomic E-state index is -0.0891. The molecule has 0 amide bonds. The van der Waals surface area contributed by atoms with Crippen LogP contribution in [-0.4, -0.2) is 5.97 Å². The standard InChI is InChI=1S/C17H14O2/c18-17-14-9-3-6-11-5-1-2-7-12(11)16-13(14)8-4-10-15(16)19-17/h1-2,4-5,7-8,10,14H,3,6,9H2. The smallest absolute Gasteiger partial charge is 0.318 e. The van der Waals surface area contributed by atoms with Gasteiger partial charge in [0.2, 0.25) is 0 Å². The molecule has 2 aromatic rings. The Morgan fingerprint density at radius 1 is 1.05 bits per heavy atom. The lowest BCUT2D eigenvalue weighted by Gasteiger charge is -2.29. The maximum Gasteiger partial charge on any atom is 0.318 e. The lowest BCUT2D eigenvalue weighted by Crippen LogP contribution is -2.25. The second kappa shape index (κ2) is 3.95. The van der Waals surface area contributed by atoms with E-state index in [0.717, 1.165) is 30.4 Å². The summed E-state index contributed by atoms with van der Waals surface area (Å²) >= 11 is 0. The van der Waals surface area contributed by atoms with Crippen LogP contribution in [-0.2, 0) is 11.2 Å². The molecule has 0 aromatic heterocycles. The van der Waals surface area contributed by atoms with Crippen molar-refractivity contribution in [2.24, 2.45) is 0 Å². The predicted octanol–water partition coefficient (Wildman–Crippen LogP) is 3.69. The van der Waals surface area contributed by atoms with E-state index in [1.165, 1.54) is 11.1 Å². The van der Waals surface area contributed by atoms with Crippen molar-refractivity contribution in [3.05, 3.63) is 53.6 Å². The second-order valence-electron chi connectivity index (χ2n) is 5.24. The van der Waals surface area contributed by atoms with Crippen molar-refractivity contribution in [2.75, 3.05) is 0 Å². The summed E-state index contributed by atoms with van der Waals surface area (Å²) in [7, 11) is 0. The van der Waals surface area contributed by atoms with E-state index < -0.39 is 0 Å². The number of hydrogen-bond acceptors (Lipinski definition) is 2. The fraction of sp³-hybridized carbons (Fsp3) is 0.235. The molecule has 0 radical (unpaired) electrons. The van der Waals surface area contributed by atoms with Crippen LogP contribution in [0.5, 0.6) is 5.75 Å². The summed E-state index contributed by atoms with van der Waals surface area (Å²) in [6.45, 7) is 0. The van der Waals surface area contributed by atoms with E-state index >= 15 is 0 Å². The third kappa shape index (κ3) is 1.53. The summed E-state index contributed by atoms with van der Waals surface area (Å²) in [5, 5.41) is 0. The molecule has 2 aliphatic rings. The molecule has 1 atom stereocenters. The average molecular weight is 250 g/mol. The Labute approximate surface area is 112 Å². The number of carbonyl (C=O) groups excluding carboxylic acids is 1. The van der Waals surface area contributed by atoms with Gasteiger partial charge in [-0.1, -0.05) is 36.4 Å². The molecule has 4 rings (SSSR count). The predicted molar refractivity (Wildman–Crippen MR) is 73.2 cm³/mol. The van der Waals surface area contributed by atoms with Crippen LogP contribution in [0.1, 0.15) is 29.9 Å². The van der Waals surface area contributed by atoms with Gasteiger partial charge in [0, 0.05) is 5.56 Å². The topological polar surface area (TPSA) is 26.3 Å². The van der Waals surface area contributed by atoms with E-state index in [1.807, 2.05) is 12.1 Å². The highest BCUT2D eigenvalue weighted by molar-refractivity contribution is 5.92. The quantitative estimate of drug-likeness (QED) is 0.526. The first-order chi connectivity index (χ1) is 9.34. The third-order valence-corrected chi connectivity index (χ3v) is 4.15. The van der Waals surface area contributed by atoms with Gasteiger partial charge in [-0.15, -0.1) is 0 Å². The van der Waals surface area contributed by atoms with E-state index in [1.54, 1.807) is 0 Å². The van der Waals surface area contributed by atoms with Crippen LogP contribution < -0.4 is 4.74 Å². The summed E-state index contributed by atoms with van der Waals surface area (Å²) in [6, 6.07) is 14.4. The number of aryl methyl sites for hydroxylation is 1. The maximum absolute atomic E-state index is 12.1.